The van der Waals surface area contributed by atoms with Gasteiger partial charge in [-0.3, -0.25) is 0 Å². The van der Waals surface area contributed by atoms with Gasteiger partial charge in [-0.15, -0.1) is 0 Å². The molecule has 0 unspecified atom stereocenters. The average Bonchev–Trinajstić information content (AvgIpc) is 2.46. The standard InChI is InChI=1S/C16H20N2O2/c1-3-16(2,20)11-17-15(19)18-14-10-6-8-12-7-4-5-9-13(12)14/h4-10,20H,3,11H2,1-2H3,(H2,17,18,19)/t16-/m1/s1. The minimum absolute atomic E-state index is 0.222. The highest BCUT2D eigenvalue weighted by Gasteiger charge is 2.18. The molecule has 0 saturated carbocycles. The van der Waals surface area contributed by atoms with Crippen molar-refractivity contribution in [3.8, 4) is 0 Å². The lowest BCUT2D eigenvalue weighted by atomic mass is 10.0. The number of benzene rings is 2. The summed E-state index contributed by atoms with van der Waals surface area (Å²) in [6.45, 7) is 3.80. The van der Waals surface area contributed by atoms with E-state index < -0.39 is 5.60 Å². The SMILES string of the molecule is CC[C@@](C)(O)CNC(=O)Nc1cccc2ccccc12. The molecule has 0 aliphatic heterocycles. The molecule has 0 bridgehead atoms. The van der Waals surface area contributed by atoms with E-state index in [4.69, 9.17) is 0 Å². The third-order valence-electron chi connectivity index (χ3n) is 3.43. The Labute approximate surface area is 118 Å². The van der Waals surface area contributed by atoms with Crippen molar-refractivity contribution in [3.63, 3.8) is 0 Å². The molecule has 2 aromatic rings. The number of anilines is 1. The molecule has 20 heavy (non-hydrogen) atoms. The van der Waals surface area contributed by atoms with Crippen LogP contribution in [0.25, 0.3) is 10.8 Å². The number of urea groups is 1. The van der Waals surface area contributed by atoms with E-state index in [9.17, 15) is 9.90 Å². The van der Waals surface area contributed by atoms with Crippen LogP contribution >= 0.6 is 0 Å². The van der Waals surface area contributed by atoms with Crippen LogP contribution < -0.4 is 10.6 Å². The van der Waals surface area contributed by atoms with E-state index >= 15 is 0 Å². The Kier molecular flexibility index (Phi) is 4.25. The van der Waals surface area contributed by atoms with Gasteiger partial charge in [0.1, 0.15) is 0 Å². The van der Waals surface area contributed by atoms with Gasteiger partial charge < -0.3 is 15.7 Å². The maximum Gasteiger partial charge on any atom is 0.319 e. The van der Waals surface area contributed by atoms with E-state index in [2.05, 4.69) is 10.6 Å². The van der Waals surface area contributed by atoms with E-state index in [0.717, 1.165) is 16.5 Å². The molecule has 3 N–H and O–H groups in total. The molecule has 4 nitrogen and oxygen atoms in total. The Bertz CT molecular complexity index is 603. The molecular formula is C16H20N2O2. The Morgan fingerprint density at radius 2 is 1.90 bits per heavy atom. The minimum atomic E-state index is -0.879. The Balaban J connectivity index is 2.07. The fourth-order valence-electron chi connectivity index (χ4n) is 1.90. The monoisotopic (exact) mass is 272 g/mol. The lowest BCUT2D eigenvalue weighted by molar-refractivity contribution is 0.0587. The zero-order valence-corrected chi connectivity index (χ0v) is 11.8. The Hall–Kier alpha value is -2.07. The lowest BCUT2D eigenvalue weighted by Crippen LogP contribution is -2.41. The van der Waals surface area contributed by atoms with E-state index in [1.807, 2.05) is 49.4 Å². The van der Waals surface area contributed by atoms with Crippen molar-refractivity contribution in [1.29, 1.82) is 0 Å². The zero-order chi connectivity index (χ0) is 14.6. The lowest BCUT2D eigenvalue weighted by Gasteiger charge is -2.21. The van der Waals surface area contributed by atoms with E-state index in [1.54, 1.807) is 6.92 Å². The summed E-state index contributed by atoms with van der Waals surface area (Å²) in [5, 5.41) is 17.4. The van der Waals surface area contributed by atoms with Gasteiger partial charge in [0, 0.05) is 11.9 Å². The van der Waals surface area contributed by atoms with Gasteiger partial charge >= 0.3 is 6.03 Å². The number of nitrogens with one attached hydrogen (secondary N) is 2. The van der Waals surface area contributed by atoms with Crippen LogP contribution in [-0.4, -0.2) is 23.3 Å². The van der Waals surface area contributed by atoms with Crippen LogP contribution in [0.2, 0.25) is 0 Å². The third kappa shape index (κ3) is 3.48. The molecule has 106 valence electrons. The number of hydrogen-bond acceptors (Lipinski definition) is 2. The minimum Gasteiger partial charge on any atom is -0.388 e. The highest BCUT2D eigenvalue weighted by Crippen LogP contribution is 2.22. The highest BCUT2D eigenvalue weighted by molar-refractivity contribution is 6.01. The second-order valence-corrected chi connectivity index (χ2v) is 5.18. The van der Waals surface area contributed by atoms with Crippen molar-refractivity contribution in [2.75, 3.05) is 11.9 Å². The summed E-state index contributed by atoms with van der Waals surface area (Å²) < 4.78 is 0. The fraction of sp³-hybridized carbons (Fsp3) is 0.312. The summed E-state index contributed by atoms with van der Waals surface area (Å²) in [5.74, 6) is 0. The van der Waals surface area contributed by atoms with Crippen LogP contribution in [0.3, 0.4) is 0 Å². The molecule has 0 aliphatic carbocycles. The van der Waals surface area contributed by atoms with Crippen molar-refractivity contribution in [2.24, 2.45) is 0 Å². The first-order chi connectivity index (χ1) is 9.52. The first kappa shape index (κ1) is 14.3. The van der Waals surface area contributed by atoms with Crippen molar-refractivity contribution >= 4 is 22.5 Å². The number of rotatable bonds is 4. The summed E-state index contributed by atoms with van der Waals surface area (Å²) in [4.78, 5) is 11.9. The van der Waals surface area contributed by atoms with E-state index in [0.29, 0.717) is 6.42 Å². The molecule has 2 rings (SSSR count). The van der Waals surface area contributed by atoms with Crippen molar-refractivity contribution in [1.82, 2.24) is 5.32 Å². The second kappa shape index (κ2) is 5.92. The molecular weight excluding hydrogens is 252 g/mol. The van der Waals surface area contributed by atoms with Gasteiger partial charge in [-0.2, -0.15) is 0 Å². The maximum atomic E-state index is 11.9. The normalized spacial score (nSPS) is 13.8. The largest absolute Gasteiger partial charge is 0.388 e. The van der Waals surface area contributed by atoms with Gasteiger partial charge in [0.15, 0.2) is 0 Å². The van der Waals surface area contributed by atoms with Crippen molar-refractivity contribution < 1.29 is 9.90 Å². The number of carbonyl (C=O) groups excluding carboxylic acids is 1. The molecule has 2 aromatic carbocycles. The van der Waals surface area contributed by atoms with Crippen LogP contribution in [-0.2, 0) is 0 Å². The van der Waals surface area contributed by atoms with Crippen LogP contribution in [0.1, 0.15) is 20.3 Å². The van der Waals surface area contributed by atoms with E-state index in [1.165, 1.54) is 0 Å². The summed E-state index contributed by atoms with van der Waals surface area (Å²) in [6, 6.07) is 13.3. The predicted octanol–water partition coefficient (Wildman–Crippen LogP) is 3.12. The Morgan fingerprint density at radius 1 is 1.20 bits per heavy atom. The third-order valence-corrected chi connectivity index (χ3v) is 3.43. The first-order valence-electron chi connectivity index (χ1n) is 6.77. The van der Waals surface area contributed by atoms with Gasteiger partial charge in [-0.1, -0.05) is 43.3 Å². The molecule has 0 aliphatic rings. The number of aliphatic hydroxyl groups is 1. The van der Waals surface area contributed by atoms with Gasteiger partial charge in [0.25, 0.3) is 0 Å². The zero-order valence-electron chi connectivity index (χ0n) is 11.8. The van der Waals surface area contributed by atoms with Crippen LogP contribution in [0.4, 0.5) is 10.5 Å². The predicted molar refractivity (Wildman–Crippen MR) is 81.9 cm³/mol. The smallest absolute Gasteiger partial charge is 0.319 e. The number of amides is 2. The summed E-state index contributed by atoms with van der Waals surface area (Å²) in [7, 11) is 0. The molecule has 0 saturated heterocycles. The van der Waals surface area contributed by atoms with Crippen LogP contribution in [0.15, 0.2) is 42.5 Å². The molecule has 0 aromatic heterocycles. The van der Waals surface area contributed by atoms with Crippen LogP contribution in [0.5, 0.6) is 0 Å². The summed E-state index contributed by atoms with van der Waals surface area (Å²) >= 11 is 0. The summed E-state index contributed by atoms with van der Waals surface area (Å²) in [6.07, 6.45) is 0.585. The van der Waals surface area contributed by atoms with E-state index in [-0.39, 0.29) is 12.6 Å². The molecule has 2 amide bonds. The molecule has 0 spiro atoms. The molecule has 1 atom stereocenters. The second-order valence-electron chi connectivity index (χ2n) is 5.18. The van der Waals surface area contributed by atoms with Crippen LogP contribution in [0, 0.1) is 0 Å². The number of fused-ring (bicyclic) bond motifs is 1. The molecule has 4 heteroatoms. The van der Waals surface area contributed by atoms with Gasteiger partial charge in [-0.05, 0) is 24.8 Å². The Morgan fingerprint density at radius 3 is 2.65 bits per heavy atom. The highest BCUT2D eigenvalue weighted by atomic mass is 16.3. The number of carbonyl (C=O) groups is 1. The topological polar surface area (TPSA) is 61.4 Å². The van der Waals surface area contributed by atoms with Gasteiger partial charge in [0.05, 0.1) is 11.3 Å². The van der Waals surface area contributed by atoms with Gasteiger partial charge in [-0.25, -0.2) is 4.79 Å². The van der Waals surface area contributed by atoms with Gasteiger partial charge in [0.2, 0.25) is 0 Å². The van der Waals surface area contributed by atoms with Crippen molar-refractivity contribution in [2.45, 2.75) is 25.9 Å². The quantitative estimate of drug-likeness (QED) is 0.800. The molecule has 0 heterocycles. The number of hydrogen-bond donors (Lipinski definition) is 3. The molecule has 0 radical (unpaired) electrons. The summed E-state index contributed by atoms with van der Waals surface area (Å²) in [5.41, 5.74) is -0.118. The average molecular weight is 272 g/mol. The van der Waals surface area contributed by atoms with Crippen molar-refractivity contribution in [3.05, 3.63) is 42.5 Å². The molecule has 0 fully saturated rings. The fourth-order valence-corrected chi connectivity index (χ4v) is 1.90. The first-order valence-corrected chi connectivity index (χ1v) is 6.77. The maximum absolute atomic E-state index is 11.9.